The van der Waals surface area contributed by atoms with Crippen molar-refractivity contribution >= 4 is 21.7 Å². The maximum atomic E-state index is 13.4. The van der Waals surface area contributed by atoms with Gasteiger partial charge in [-0.3, -0.25) is 4.79 Å². The molecule has 0 aliphatic rings. The number of benzene rings is 2. The number of ketones is 1. The maximum absolute atomic E-state index is 13.4. The van der Waals surface area contributed by atoms with Gasteiger partial charge in [-0.15, -0.1) is 0 Å². The molecule has 5 heteroatoms. The number of carbonyl (C=O) groups excluding carboxylic acids is 1. The Morgan fingerprint density at radius 2 is 1.85 bits per heavy atom. The third-order valence-electron chi connectivity index (χ3n) is 2.74. The second-order valence-corrected chi connectivity index (χ2v) is 5.07. The fourth-order valence-corrected chi connectivity index (χ4v) is 1.94. The predicted octanol–water partition coefficient (Wildman–Crippen LogP) is 4.30. The van der Waals surface area contributed by atoms with Gasteiger partial charge >= 0.3 is 0 Å². The maximum Gasteiger partial charge on any atom is 0.206 e. The molecule has 2 rings (SSSR count). The SMILES string of the molecule is Cc1cc(OCC(=O)c2c(F)cccc2F)ccc1Br. The van der Waals surface area contributed by atoms with Gasteiger partial charge in [-0.25, -0.2) is 8.78 Å². The van der Waals surface area contributed by atoms with E-state index in [9.17, 15) is 13.6 Å². The van der Waals surface area contributed by atoms with Crippen molar-refractivity contribution in [2.45, 2.75) is 6.92 Å². The van der Waals surface area contributed by atoms with Crippen molar-refractivity contribution in [3.05, 3.63) is 63.6 Å². The summed E-state index contributed by atoms with van der Waals surface area (Å²) in [5, 5.41) is 0. The van der Waals surface area contributed by atoms with Gasteiger partial charge in [0.1, 0.15) is 17.4 Å². The molecule has 0 fully saturated rings. The van der Waals surface area contributed by atoms with E-state index in [1.807, 2.05) is 6.92 Å². The van der Waals surface area contributed by atoms with Gasteiger partial charge in [0.2, 0.25) is 5.78 Å². The summed E-state index contributed by atoms with van der Waals surface area (Å²) in [5.41, 5.74) is 0.369. The van der Waals surface area contributed by atoms with Gasteiger partial charge in [0, 0.05) is 4.47 Å². The summed E-state index contributed by atoms with van der Waals surface area (Å²) in [7, 11) is 0. The molecule has 0 aliphatic heterocycles. The number of ether oxygens (including phenoxy) is 1. The van der Waals surface area contributed by atoms with Gasteiger partial charge in [0.15, 0.2) is 6.61 Å². The number of carbonyl (C=O) groups is 1. The molecule has 2 aromatic carbocycles. The van der Waals surface area contributed by atoms with Gasteiger partial charge < -0.3 is 4.74 Å². The fraction of sp³-hybridized carbons (Fsp3) is 0.133. The van der Waals surface area contributed by atoms with Crippen LogP contribution in [0.2, 0.25) is 0 Å². The number of hydrogen-bond acceptors (Lipinski definition) is 2. The highest BCUT2D eigenvalue weighted by atomic mass is 79.9. The first-order chi connectivity index (χ1) is 9.49. The van der Waals surface area contributed by atoms with Crippen molar-refractivity contribution in [2.24, 2.45) is 0 Å². The Labute approximate surface area is 123 Å². The van der Waals surface area contributed by atoms with Crippen LogP contribution in [-0.4, -0.2) is 12.4 Å². The zero-order valence-corrected chi connectivity index (χ0v) is 12.2. The molecule has 104 valence electrons. The molecule has 0 heterocycles. The lowest BCUT2D eigenvalue weighted by Crippen LogP contribution is -2.15. The molecule has 0 saturated carbocycles. The van der Waals surface area contributed by atoms with E-state index in [-0.39, 0.29) is 0 Å². The van der Waals surface area contributed by atoms with E-state index in [1.54, 1.807) is 18.2 Å². The zero-order valence-electron chi connectivity index (χ0n) is 10.6. The minimum absolute atomic E-state index is 0.418. The van der Waals surface area contributed by atoms with Crippen molar-refractivity contribution in [1.29, 1.82) is 0 Å². The first-order valence-electron chi connectivity index (χ1n) is 5.85. The van der Waals surface area contributed by atoms with Crippen LogP contribution in [0.4, 0.5) is 8.78 Å². The van der Waals surface area contributed by atoms with Crippen molar-refractivity contribution < 1.29 is 18.3 Å². The molecule has 0 aromatic heterocycles. The Balaban J connectivity index is 2.11. The highest BCUT2D eigenvalue weighted by Gasteiger charge is 2.17. The molecule has 0 spiro atoms. The molecule has 0 saturated heterocycles. The third kappa shape index (κ3) is 3.22. The van der Waals surface area contributed by atoms with E-state index in [4.69, 9.17) is 4.74 Å². The molecule has 0 amide bonds. The van der Waals surface area contributed by atoms with E-state index in [1.165, 1.54) is 6.07 Å². The van der Waals surface area contributed by atoms with E-state index in [0.29, 0.717) is 5.75 Å². The van der Waals surface area contributed by atoms with Crippen LogP contribution in [0.15, 0.2) is 40.9 Å². The van der Waals surface area contributed by atoms with Crippen molar-refractivity contribution in [3.63, 3.8) is 0 Å². The van der Waals surface area contributed by atoms with Gasteiger partial charge in [-0.05, 0) is 42.8 Å². The fourth-order valence-electron chi connectivity index (χ4n) is 1.69. The lowest BCUT2D eigenvalue weighted by Gasteiger charge is -2.08. The lowest BCUT2D eigenvalue weighted by atomic mass is 10.1. The Bertz CT molecular complexity index is 636. The standard InChI is InChI=1S/C15H11BrF2O2/c1-9-7-10(5-6-11(9)16)20-8-14(19)15-12(17)3-2-4-13(15)18/h2-7H,8H2,1H3. The molecule has 0 aliphatic carbocycles. The third-order valence-corrected chi connectivity index (χ3v) is 3.63. The molecule has 0 radical (unpaired) electrons. The van der Waals surface area contributed by atoms with Crippen molar-refractivity contribution in [3.8, 4) is 5.75 Å². The molecule has 20 heavy (non-hydrogen) atoms. The van der Waals surface area contributed by atoms with Crippen molar-refractivity contribution in [1.82, 2.24) is 0 Å². The highest BCUT2D eigenvalue weighted by molar-refractivity contribution is 9.10. The summed E-state index contributed by atoms with van der Waals surface area (Å²) in [5.74, 6) is -2.03. The Kier molecular flexibility index (Phi) is 4.49. The Morgan fingerprint density at radius 3 is 2.45 bits per heavy atom. The smallest absolute Gasteiger partial charge is 0.206 e. The topological polar surface area (TPSA) is 26.3 Å². The zero-order chi connectivity index (χ0) is 14.7. The van der Waals surface area contributed by atoms with E-state index in [2.05, 4.69) is 15.9 Å². The second kappa shape index (κ2) is 6.13. The molecule has 0 bridgehead atoms. The van der Waals surface area contributed by atoms with Crippen LogP contribution in [0.25, 0.3) is 0 Å². The first kappa shape index (κ1) is 14.7. The summed E-state index contributed by atoms with van der Waals surface area (Å²) in [4.78, 5) is 11.8. The number of hydrogen-bond donors (Lipinski definition) is 0. The largest absolute Gasteiger partial charge is 0.485 e. The normalized spacial score (nSPS) is 10.4. The van der Waals surface area contributed by atoms with Crippen LogP contribution in [0.1, 0.15) is 15.9 Å². The second-order valence-electron chi connectivity index (χ2n) is 4.22. The van der Waals surface area contributed by atoms with Crippen LogP contribution >= 0.6 is 15.9 Å². The number of halogens is 3. The average molecular weight is 341 g/mol. The molecule has 0 N–H and O–H groups in total. The quantitative estimate of drug-likeness (QED) is 0.775. The van der Waals surface area contributed by atoms with Crippen LogP contribution in [0, 0.1) is 18.6 Å². The van der Waals surface area contributed by atoms with E-state index in [0.717, 1.165) is 22.2 Å². The van der Waals surface area contributed by atoms with E-state index < -0.39 is 29.6 Å². The van der Waals surface area contributed by atoms with Gasteiger partial charge in [0.25, 0.3) is 0 Å². The molecule has 2 nitrogen and oxygen atoms in total. The Hall–Kier alpha value is -1.75. The van der Waals surface area contributed by atoms with Crippen molar-refractivity contribution in [2.75, 3.05) is 6.61 Å². The first-order valence-corrected chi connectivity index (χ1v) is 6.64. The van der Waals surface area contributed by atoms with Gasteiger partial charge in [-0.1, -0.05) is 22.0 Å². The predicted molar refractivity (Wildman–Crippen MR) is 75.1 cm³/mol. The summed E-state index contributed by atoms with van der Waals surface area (Å²) in [6.45, 7) is 1.45. The number of aryl methyl sites for hydroxylation is 1. The van der Waals surface area contributed by atoms with Gasteiger partial charge in [0.05, 0.1) is 5.56 Å². The summed E-state index contributed by atoms with van der Waals surface area (Å²) in [6, 6.07) is 8.47. The van der Waals surface area contributed by atoms with Crippen LogP contribution < -0.4 is 4.74 Å². The number of Topliss-reactive ketones (excluding diaryl/α,β-unsaturated/α-hetero) is 1. The molecular formula is C15H11BrF2O2. The number of rotatable bonds is 4. The minimum atomic E-state index is -0.884. The van der Waals surface area contributed by atoms with E-state index >= 15 is 0 Å². The molecular weight excluding hydrogens is 330 g/mol. The minimum Gasteiger partial charge on any atom is -0.485 e. The summed E-state index contributed by atoms with van der Waals surface area (Å²) >= 11 is 3.34. The highest BCUT2D eigenvalue weighted by Crippen LogP contribution is 2.22. The monoisotopic (exact) mass is 340 g/mol. The molecule has 0 atom stereocenters. The van der Waals surface area contributed by atoms with Crippen LogP contribution in [-0.2, 0) is 0 Å². The van der Waals surface area contributed by atoms with Gasteiger partial charge in [-0.2, -0.15) is 0 Å². The lowest BCUT2D eigenvalue weighted by molar-refractivity contribution is 0.0913. The molecule has 0 unspecified atom stereocenters. The Morgan fingerprint density at radius 1 is 1.20 bits per heavy atom. The van der Waals surface area contributed by atoms with Crippen LogP contribution in [0.5, 0.6) is 5.75 Å². The van der Waals surface area contributed by atoms with Crippen LogP contribution in [0.3, 0.4) is 0 Å². The molecule has 2 aromatic rings. The average Bonchev–Trinajstić information content (AvgIpc) is 2.40. The summed E-state index contributed by atoms with van der Waals surface area (Å²) < 4.78 is 33.0. The summed E-state index contributed by atoms with van der Waals surface area (Å²) in [6.07, 6.45) is 0.